The minimum Gasteiger partial charge on any atom is -0.497 e. The van der Waals surface area contributed by atoms with Crippen LogP contribution in [-0.4, -0.2) is 26.3 Å². The number of hydrogen-bond donors (Lipinski definition) is 0. The average molecular weight is 455 g/mol. The van der Waals surface area contributed by atoms with Crippen LogP contribution in [0.4, 0.5) is 0 Å². The van der Waals surface area contributed by atoms with Gasteiger partial charge in [-0.15, -0.1) is 0 Å². The van der Waals surface area contributed by atoms with E-state index in [0.717, 1.165) is 34.5 Å². The van der Waals surface area contributed by atoms with Crippen molar-refractivity contribution in [2.45, 2.75) is 18.8 Å². The summed E-state index contributed by atoms with van der Waals surface area (Å²) in [6, 6.07) is 25.6. The molecule has 0 unspecified atom stereocenters. The standard InChI is InChI=1S/C30H30O4/c1-33-25-14-9-21(10-15-25)8-11-24-19-29(32)27(18-22-6-4-3-5-7-22)30(28(24)20-31)23-12-16-26(34-2)17-13-23/h3-17,20,24,27-28,30H,18-19H2,1-2H3/b11-8-/t24-,27-,28+,30+/m1/s1. The predicted octanol–water partition coefficient (Wildman–Crippen LogP) is 5.76. The van der Waals surface area contributed by atoms with Crippen LogP contribution < -0.4 is 9.47 Å². The molecule has 4 heteroatoms. The Morgan fingerprint density at radius 3 is 2.06 bits per heavy atom. The molecule has 0 aromatic heterocycles. The van der Waals surface area contributed by atoms with Crippen molar-refractivity contribution >= 4 is 18.1 Å². The van der Waals surface area contributed by atoms with Crippen molar-refractivity contribution in [1.82, 2.24) is 0 Å². The number of rotatable bonds is 8. The number of ketones is 1. The monoisotopic (exact) mass is 454 g/mol. The number of methoxy groups -OCH3 is 2. The number of Topliss-reactive ketones (excluding diaryl/α,β-unsaturated/α-hetero) is 1. The lowest BCUT2D eigenvalue weighted by Crippen LogP contribution is -2.40. The Balaban J connectivity index is 1.67. The molecule has 0 spiro atoms. The Morgan fingerprint density at radius 2 is 1.47 bits per heavy atom. The zero-order chi connectivity index (χ0) is 23.9. The molecule has 1 aliphatic carbocycles. The number of hydrogen-bond acceptors (Lipinski definition) is 4. The van der Waals surface area contributed by atoms with Crippen LogP contribution in [-0.2, 0) is 16.0 Å². The molecule has 1 aliphatic rings. The second kappa shape index (κ2) is 11.0. The van der Waals surface area contributed by atoms with Crippen LogP contribution in [0.15, 0.2) is 84.9 Å². The van der Waals surface area contributed by atoms with Crippen LogP contribution in [0.5, 0.6) is 11.5 Å². The second-order valence-electron chi connectivity index (χ2n) is 8.78. The molecule has 0 bridgehead atoms. The lowest BCUT2D eigenvalue weighted by molar-refractivity contribution is -0.129. The lowest BCUT2D eigenvalue weighted by Gasteiger charge is -2.39. The van der Waals surface area contributed by atoms with Crippen LogP contribution in [0, 0.1) is 17.8 Å². The molecule has 4 atom stereocenters. The van der Waals surface area contributed by atoms with Crippen molar-refractivity contribution in [3.8, 4) is 11.5 Å². The Bertz CT molecular complexity index is 1120. The first-order chi connectivity index (χ1) is 16.6. The van der Waals surface area contributed by atoms with E-state index in [4.69, 9.17) is 9.47 Å². The second-order valence-corrected chi connectivity index (χ2v) is 8.78. The first kappa shape index (κ1) is 23.5. The Kier molecular flexibility index (Phi) is 7.58. The summed E-state index contributed by atoms with van der Waals surface area (Å²) in [7, 11) is 3.27. The quantitative estimate of drug-likeness (QED) is 0.406. The number of benzene rings is 3. The van der Waals surface area contributed by atoms with Crippen LogP contribution in [0.2, 0.25) is 0 Å². The van der Waals surface area contributed by atoms with Gasteiger partial charge in [0.25, 0.3) is 0 Å². The third-order valence-electron chi connectivity index (χ3n) is 6.80. The van der Waals surface area contributed by atoms with E-state index in [1.54, 1.807) is 14.2 Å². The average Bonchev–Trinajstić information content (AvgIpc) is 2.89. The van der Waals surface area contributed by atoms with Gasteiger partial charge in [0, 0.05) is 24.2 Å². The SMILES string of the molecule is COc1ccc(/C=C\[C@@H]2CC(=O)[C@@H](Cc3ccccc3)[C@H](c3ccc(OC)cc3)[C@H]2C=O)cc1. The van der Waals surface area contributed by atoms with Gasteiger partial charge in [-0.2, -0.15) is 0 Å². The number of ether oxygens (including phenoxy) is 2. The molecule has 34 heavy (non-hydrogen) atoms. The van der Waals surface area contributed by atoms with E-state index in [1.165, 1.54) is 0 Å². The van der Waals surface area contributed by atoms with Gasteiger partial charge in [-0.05, 0) is 53.3 Å². The van der Waals surface area contributed by atoms with Crippen LogP contribution in [0.25, 0.3) is 6.08 Å². The van der Waals surface area contributed by atoms with E-state index in [0.29, 0.717) is 12.8 Å². The maximum absolute atomic E-state index is 13.5. The highest BCUT2D eigenvalue weighted by Crippen LogP contribution is 2.45. The molecule has 0 amide bonds. The maximum atomic E-state index is 13.5. The molecule has 4 nitrogen and oxygen atoms in total. The first-order valence-electron chi connectivity index (χ1n) is 11.6. The van der Waals surface area contributed by atoms with Gasteiger partial charge in [0.1, 0.15) is 23.6 Å². The molecular weight excluding hydrogens is 424 g/mol. The Hall–Kier alpha value is -3.66. The molecule has 0 saturated heterocycles. The van der Waals surface area contributed by atoms with Crippen LogP contribution in [0.3, 0.4) is 0 Å². The summed E-state index contributed by atoms with van der Waals surface area (Å²) < 4.78 is 10.6. The van der Waals surface area contributed by atoms with Gasteiger partial charge in [0.2, 0.25) is 0 Å². The Labute approximate surface area is 201 Å². The van der Waals surface area contributed by atoms with Crippen molar-refractivity contribution in [2.24, 2.45) is 17.8 Å². The summed E-state index contributed by atoms with van der Waals surface area (Å²) in [4.78, 5) is 26.0. The summed E-state index contributed by atoms with van der Waals surface area (Å²) in [5.74, 6) is 0.836. The summed E-state index contributed by atoms with van der Waals surface area (Å²) >= 11 is 0. The number of carbonyl (C=O) groups is 2. The predicted molar refractivity (Wildman–Crippen MR) is 134 cm³/mol. The molecule has 0 radical (unpaired) electrons. The first-order valence-corrected chi connectivity index (χ1v) is 11.6. The van der Waals surface area contributed by atoms with Crippen molar-refractivity contribution in [2.75, 3.05) is 14.2 Å². The lowest BCUT2D eigenvalue weighted by atomic mass is 9.62. The van der Waals surface area contributed by atoms with Gasteiger partial charge < -0.3 is 14.3 Å². The van der Waals surface area contributed by atoms with Crippen LogP contribution in [0.1, 0.15) is 29.0 Å². The fourth-order valence-corrected chi connectivity index (χ4v) is 4.98. The summed E-state index contributed by atoms with van der Waals surface area (Å²) in [6.45, 7) is 0. The molecule has 3 aromatic carbocycles. The van der Waals surface area contributed by atoms with E-state index in [-0.39, 0.29) is 29.5 Å². The van der Waals surface area contributed by atoms with Gasteiger partial charge in [-0.3, -0.25) is 4.79 Å². The topological polar surface area (TPSA) is 52.6 Å². The molecule has 3 aromatic rings. The summed E-state index contributed by atoms with van der Waals surface area (Å²) in [5, 5.41) is 0. The van der Waals surface area contributed by atoms with E-state index in [9.17, 15) is 9.59 Å². The molecule has 1 fully saturated rings. The van der Waals surface area contributed by atoms with Crippen molar-refractivity contribution in [3.63, 3.8) is 0 Å². The number of carbonyl (C=O) groups excluding carboxylic acids is 2. The zero-order valence-corrected chi connectivity index (χ0v) is 19.6. The fourth-order valence-electron chi connectivity index (χ4n) is 4.98. The highest BCUT2D eigenvalue weighted by molar-refractivity contribution is 5.86. The highest BCUT2D eigenvalue weighted by Gasteiger charge is 2.43. The number of aldehydes is 1. The third kappa shape index (κ3) is 5.28. The van der Waals surface area contributed by atoms with E-state index >= 15 is 0 Å². The van der Waals surface area contributed by atoms with E-state index in [1.807, 2.05) is 91.0 Å². The molecule has 4 rings (SSSR count). The maximum Gasteiger partial charge on any atom is 0.137 e. The van der Waals surface area contributed by atoms with Gasteiger partial charge in [0.05, 0.1) is 14.2 Å². The molecule has 0 N–H and O–H groups in total. The van der Waals surface area contributed by atoms with Gasteiger partial charge in [0.15, 0.2) is 0 Å². The summed E-state index contributed by atoms with van der Waals surface area (Å²) in [5.41, 5.74) is 3.11. The normalized spacial score (nSPS) is 22.5. The smallest absolute Gasteiger partial charge is 0.137 e. The Morgan fingerprint density at radius 1 is 0.853 bits per heavy atom. The molecule has 1 saturated carbocycles. The molecule has 0 aliphatic heterocycles. The molecule has 174 valence electrons. The van der Waals surface area contributed by atoms with Gasteiger partial charge >= 0.3 is 0 Å². The third-order valence-corrected chi connectivity index (χ3v) is 6.80. The highest BCUT2D eigenvalue weighted by atomic mass is 16.5. The van der Waals surface area contributed by atoms with E-state index < -0.39 is 0 Å². The van der Waals surface area contributed by atoms with E-state index in [2.05, 4.69) is 0 Å². The van der Waals surface area contributed by atoms with Gasteiger partial charge in [-0.25, -0.2) is 0 Å². The molecule has 0 heterocycles. The zero-order valence-electron chi connectivity index (χ0n) is 19.6. The minimum atomic E-state index is -0.297. The number of allylic oxidation sites excluding steroid dienone is 1. The largest absolute Gasteiger partial charge is 0.497 e. The van der Waals surface area contributed by atoms with Crippen molar-refractivity contribution in [1.29, 1.82) is 0 Å². The summed E-state index contributed by atoms with van der Waals surface area (Å²) in [6.07, 6.45) is 6.04. The molecular formula is C30H30O4. The fraction of sp³-hybridized carbons (Fsp3) is 0.267. The van der Waals surface area contributed by atoms with Crippen molar-refractivity contribution < 1.29 is 19.1 Å². The van der Waals surface area contributed by atoms with Crippen molar-refractivity contribution in [3.05, 3.63) is 102 Å². The van der Waals surface area contributed by atoms with Gasteiger partial charge in [-0.1, -0.05) is 66.7 Å². The minimum absolute atomic E-state index is 0.161. The van der Waals surface area contributed by atoms with Crippen LogP contribution >= 0.6 is 0 Å².